The topological polar surface area (TPSA) is 40.5 Å². The summed E-state index contributed by atoms with van der Waals surface area (Å²) in [5, 5.41) is 18.2. The molecule has 0 aliphatic rings. The molecule has 72 valence electrons. The van der Waals surface area contributed by atoms with Crippen LogP contribution in [0.15, 0.2) is 48.5 Å². The Morgan fingerprint density at radius 1 is 0.500 bits per heavy atom. The molecule has 2 radical (unpaired) electrons. The van der Waals surface area contributed by atoms with Crippen molar-refractivity contribution in [3.8, 4) is 22.6 Å². The Balaban J connectivity index is 0.00000112. The first-order chi connectivity index (χ1) is 6.75. The van der Waals surface area contributed by atoms with Gasteiger partial charge in [-0.05, 0) is 35.4 Å². The molecule has 2 aromatic rings. The van der Waals surface area contributed by atoms with Crippen molar-refractivity contribution in [1.82, 2.24) is 0 Å². The van der Waals surface area contributed by atoms with E-state index in [0.717, 1.165) is 11.1 Å². The third kappa shape index (κ3) is 4.13. The van der Waals surface area contributed by atoms with Crippen LogP contribution in [-0.4, -0.2) is 69.3 Å². The van der Waals surface area contributed by atoms with E-state index in [2.05, 4.69) is 0 Å². The van der Waals surface area contributed by atoms with Gasteiger partial charge in [-0.15, -0.1) is 0 Å². The minimum Gasteiger partial charge on any atom is -0.508 e. The zero-order valence-electron chi connectivity index (χ0n) is 9.51. The van der Waals surface area contributed by atoms with Crippen LogP contribution in [0.3, 0.4) is 0 Å². The molecule has 2 nitrogen and oxygen atoms in total. The van der Waals surface area contributed by atoms with Crippen molar-refractivity contribution < 1.29 is 10.2 Å². The molecule has 0 fully saturated rings. The van der Waals surface area contributed by atoms with Crippen LogP contribution in [0.2, 0.25) is 0 Å². The maximum absolute atomic E-state index is 9.11. The van der Waals surface area contributed by atoms with Crippen molar-refractivity contribution in [3.63, 3.8) is 0 Å². The van der Waals surface area contributed by atoms with Crippen LogP contribution in [0.4, 0.5) is 0 Å². The first kappa shape index (κ1) is 16.0. The maximum Gasteiger partial charge on any atom is 0.115 e. The van der Waals surface area contributed by atoms with Crippen LogP contribution in [0.1, 0.15) is 0 Å². The van der Waals surface area contributed by atoms with Crippen LogP contribution < -0.4 is 0 Å². The Hall–Kier alpha value is 0.0400. The zero-order valence-corrected chi connectivity index (χ0v) is 13.5. The molecule has 4 heteroatoms. The van der Waals surface area contributed by atoms with Crippen LogP contribution in [0.5, 0.6) is 11.5 Å². The minimum atomic E-state index is 0. The van der Waals surface area contributed by atoms with E-state index in [9.17, 15) is 0 Å². The zero-order chi connectivity index (χ0) is 9.97. The van der Waals surface area contributed by atoms with Crippen molar-refractivity contribution in [1.29, 1.82) is 0 Å². The van der Waals surface area contributed by atoms with E-state index in [1.807, 2.05) is 24.3 Å². The monoisotopic (exact) mass is 232 g/mol. The Morgan fingerprint density at radius 3 is 1.00 bits per heavy atom. The second kappa shape index (κ2) is 7.38. The van der Waals surface area contributed by atoms with Gasteiger partial charge in [-0.25, -0.2) is 0 Å². The molecule has 0 bridgehead atoms. The fourth-order valence-electron chi connectivity index (χ4n) is 1.31. The first-order valence-electron chi connectivity index (χ1n) is 4.34. The Labute approximate surface area is 139 Å². The molecular formula is C12H10Na2O2. The van der Waals surface area contributed by atoms with Gasteiger partial charge in [0, 0.05) is 59.1 Å². The van der Waals surface area contributed by atoms with Crippen molar-refractivity contribution >= 4 is 59.1 Å². The average Bonchev–Trinajstić information content (AvgIpc) is 2.21. The summed E-state index contributed by atoms with van der Waals surface area (Å²) in [6.07, 6.45) is 0. The van der Waals surface area contributed by atoms with Gasteiger partial charge < -0.3 is 10.2 Å². The summed E-state index contributed by atoms with van der Waals surface area (Å²) in [5.41, 5.74) is 2.03. The van der Waals surface area contributed by atoms with Crippen molar-refractivity contribution in [3.05, 3.63) is 48.5 Å². The predicted molar refractivity (Wildman–Crippen MR) is 66.7 cm³/mol. The molecular weight excluding hydrogens is 222 g/mol. The molecule has 0 unspecified atom stereocenters. The van der Waals surface area contributed by atoms with Gasteiger partial charge in [-0.1, -0.05) is 24.3 Å². The molecule has 2 aromatic carbocycles. The predicted octanol–water partition coefficient (Wildman–Crippen LogP) is 2.00. The van der Waals surface area contributed by atoms with Gasteiger partial charge in [0.1, 0.15) is 11.5 Å². The van der Waals surface area contributed by atoms with Crippen molar-refractivity contribution in [2.24, 2.45) is 0 Å². The number of phenols is 2. The molecule has 0 atom stereocenters. The van der Waals surface area contributed by atoms with E-state index in [0.29, 0.717) is 0 Å². The summed E-state index contributed by atoms with van der Waals surface area (Å²) in [4.78, 5) is 0. The molecule has 0 saturated heterocycles. The normalized spacial score (nSPS) is 8.75. The van der Waals surface area contributed by atoms with E-state index in [1.165, 1.54) is 0 Å². The number of hydrogen-bond donors (Lipinski definition) is 2. The molecule has 0 heterocycles. The summed E-state index contributed by atoms with van der Waals surface area (Å²) in [6, 6.07) is 13.9. The average molecular weight is 232 g/mol. The molecule has 2 rings (SSSR count). The van der Waals surface area contributed by atoms with Gasteiger partial charge in [0.15, 0.2) is 0 Å². The van der Waals surface area contributed by atoms with Crippen LogP contribution in [0, 0.1) is 0 Å². The van der Waals surface area contributed by atoms with Gasteiger partial charge in [0.25, 0.3) is 0 Å². The van der Waals surface area contributed by atoms with Gasteiger partial charge in [0.05, 0.1) is 0 Å². The van der Waals surface area contributed by atoms with E-state index in [1.54, 1.807) is 24.3 Å². The molecule has 2 N–H and O–H groups in total. The summed E-state index contributed by atoms with van der Waals surface area (Å²) in [5.74, 6) is 0.514. The smallest absolute Gasteiger partial charge is 0.115 e. The van der Waals surface area contributed by atoms with Crippen LogP contribution in [-0.2, 0) is 0 Å². The molecule has 0 aliphatic heterocycles. The second-order valence-corrected chi connectivity index (χ2v) is 3.09. The van der Waals surface area contributed by atoms with Crippen LogP contribution in [0.25, 0.3) is 11.1 Å². The van der Waals surface area contributed by atoms with Gasteiger partial charge >= 0.3 is 0 Å². The standard InChI is InChI=1S/C12H10O2.2Na/c13-11-5-1-9(2-6-11)10-3-7-12(14)8-4-10;;/h1-8,13-14H;;. The Kier molecular flexibility index (Phi) is 7.40. The van der Waals surface area contributed by atoms with E-state index in [4.69, 9.17) is 10.2 Å². The Bertz CT molecular complexity index is 380. The third-order valence-electron chi connectivity index (χ3n) is 2.07. The molecule has 0 spiro atoms. The minimum absolute atomic E-state index is 0. The number of phenolic OH excluding ortho intramolecular Hbond substituents is 2. The molecule has 16 heavy (non-hydrogen) atoms. The number of aromatic hydroxyl groups is 2. The summed E-state index contributed by atoms with van der Waals surface area (Å²) < 4.78 is 0. The summed E-state index contributed by atoms with van der Waals surface area (Å²) in [7, 11) is 0. The van der Waals surface area contributed by atoms with E-state index < -0.39 is 0 Å². The molecule has 0 aliphatic carbocycles. The van der Waals surface area contributed by atoms with Crippen molar-refractivity contribution in [2.75, 3.05) is 0 Å². The summed E-state index contributed by atoms with van der Waals surface area (Å²) in [6.45, 7) is 0. The molecule has 0 aromatic heterocycles. The number of benzene rings is 2. The number of hydrogen-bond acceptors (Lipinski definition) is 2. The van der Waals surface area contributed by atoms with Crippen molar-refractivity contribution in [2.45, 2.75) is 0 Å². The largest absolute Gasteiger partial charge is 0.508 e. The maximum atomic E-state index is 9.11. The molecule has 0 amide bonds. The third-order valence-corrected chi connectivity index (χ3v) is 2.07. The quantitative estimate of drug-likeness (QED) is 0.738. The van der Waals surface area contributed by atoms with Gasteiger partial charge in [-0.3, -0.25) is 0 Å². The fraction of sp³-hybridized carbons (Fsp3) is 0. The van der Waals surface area contributed by atoms with Gasteiger partial charge in [-0.2, -0.15) is 0 Å². The summed E-state index contributed by atoms with van der Waals surface area (Å²) >= 11 is 0. The Morgan fingerprint density at radius 2 is 0.750 bits per heavy atom. The van der Waals surface area contributed by atoms with Crippen LogP contribution >= 0.6 is 0 Å². The first-order valence-corrected chi connectivity index (χ1v) is 4.34. The second-order valence-electron chi connectivity index (χ2n) is 3.09. The fourth-order valence-corrected chi connectivity index (χ4v) is 1.31. The SMILES string of the molecule is Oc1ccc(-c2ccc(O)cc2)cc1.[Na].[Na]. The van der Waals surface area contributed by atoms with E-state index >= 15 is 0 Å². The number of rotatable bonds is 1. The van der Waals surface area contributed by atoms with Gasteiger partial charge in [0.2, 0.25) is 0 Å². The van der Waals surface area contributed by atoms with E-state index in [-0.39, 0.29) is 70.6 Å². The molecule has 0 saturated carbocycles.